The first-order chi connectivity index (χ1) is 15.2. The standard InChI is InChI=1S/C22H24F3N3O4/c1-2-3-13-32-18-6-4-5-16(14-18)21(29)27-11-9-26(10-12-27)19-8-7-17(22(23,24)25)15-20(19)28(30)31/h4-8,14-15H,2-3,9-13H2,1H3. The summed E-state index contributed by atoms with van der Waals surface area (Å²) in [6, 6.07) is 9.42. The Morgan fingerprint density at radius 1 is 1.12 bits per heavy atom. The first-order valence-electron chi connectivity index (χ1n) is 10.3. The zero-order valence-electron chi connectivity index (χ0n) is 17.6. The zero-order valence-corrected chi connectivity index (χ0v) is 17.6. The molecular formula is C22H24F3N3O4. The number of benzene rings is 2. The van der Waals surface area contributed by atoms with Crippen molar-refractivity contribution < 1.29 is 27.6 Å². The number of amides is 1. The Morgan fingerprint density at radius 2 is 1.84 bits per heavy atom. The Kier molecular flexibility index (Phi) is 7.22. The van der Waals surface area contributed by atoms with Gasteiger partial charge in [-0.15, -0.1) is 0 Å². The molecule has 0 unspecified atom stereocenters. The van der Waals surface area contributed by atoms with Crippen molar-refractivity contribution in [2.45, 2.75) is 25.9 Å². The van der Waals surface area contributed by atoms with E-state index in [4.69, 9.17) is 4.74 Å². The van der Waals surface area contributed by atoms with Crippen LogP contribution in [0.4, 0.5) is 24.5 Å². The molecule has 1 heterocycles. The summed E-state index contributed by atoms with van der Waals surface area (Å²) in [5.74, 6) is 0.427. The molecule has 7 nitrogen and oxygen atoms in total. The highest BCUT2D eigenvalue weighted by atomic mass is 19.4. The van der Waals surface area contributed by atoms with Gasteiger partial charge in [-0.2, -0.15) is 13.2 Å². The van der Waals surface area contributed by atoms with Gasteiger partial charge in [0, 0.05) is 37.8 Å². The number of rotatable bonds is 7. The van der Waals surface area contributed by atoms with E-state index in [1.807, 2.05) is 0 Å². The molecule has 0 atom stereocenters. The summed E-state index contributed by atoms with van der Waals surface area (Å²) in [5.41, 5.74) is -1.08. The van der Waals surface area contributed by atoms with Crippen LogP contribution >= 0.6 is 0 Å². The number of hydrogen-bond donors (Lipinski definition) is 0. The molecule has 1 fully saturated rings. The highest BCUT2D eigenvalue weighted by molar-refractivity contribution is 5.94. The number of carbonyl (C=O) groups is 1. The fourth-order valence-electron chi connectivity index (χ4n) is 3.50. The van der Waals surface area contributed by atoms with Gasteiger partial charge in [0.2, 0.25) is 0 Å². The van der Waals surface area contributed by atoms with Gasteiger partial charge < -0.3 is 14.5 Å². The molecule has 3 rings (SSSR count). The number of halogens is 3. The van der Waals surface area contributed by atoms with Crippen molar-refractivity contribution in [3.05, 3.63) is 63.7 Å². The molecule has 0 aromatic heterocycles. The highest BCUT2D eigenvalue weighted by Crippen LogP contribution is 2.36. The summed E-state index contributed by atoms with van der Waals surface area (Å²) in [5, 5.41) is 11.4. The number of nitro groups is 1. The number of carbonyl (C=O) groups excluding carboxylic acids is 1. The van der Waals surface area contributed by atoms with Gasteiger partial charge in [-0.05, 0) is 36.8 Å². The lowest BCUT2D eigenvalue weighted by molar-refractivity contribution is -0.384. The van der Waals surface area contributed by atoms with Gasteiger partial charge in [-0.25, -0.2) is 0 Å². The first-order valence-corrected chi connectivity index (χ1v) is 10.3. The van der Waals surface area contributed by atoms with Crippen LogP contribution in [0.25, 0.3) is 0 Å². The molecular weight excluding hydrogens is 427 g/mol. The maximum atomic E-state index is 12.9. The number of anilines is 1. The van der Waals surface area contributed by atoms with Crippen LogP contribution < -0.4 is 9.64 Å². The fraction of sp³-hybridized carbons (Fsp3) is 0.409. The number of nitro benzene ring substituents is 1. The van der Waals surface area contributed by atoms with Crippen molar-refractivity contribution in [2.75, 3.05) is 37.7 Å². The third kappa shape index (κ3) is 5.49. The van der Waals surface area contributed by atoms with Crippen molar-refractivity contribution in [3.63, 3.8) is 0 Å². The molecule has 0 saturated carbocycles. The van der Waals surface area contributed by atoms with Crippen molar-refractivity contribution in [2.24, 2.45) is 0 Å². The first kappa shape index (κ1) is 23.4. The molecule has 0 N–H and O–H groups in total. The van der Waals surface area contributed by atoms with Crippen LogP contribution in [0.3, 0.4) is 0 Å². The Bertz CT molecular complexity index is 973. The lowest BCUT2D eigenvalue weighted by atomic mass is 10.1. The molecule has 10 heteroatoms. The van der Waals surface area contributed by atoms with Crippen LogP contribution in [0.2, 0.25) is 0 Å². The van der Waals surface area contributed by atoms with Gasteiger partial charge in [0.1, 0.15) is 11.4 Å². The summed E-state index contributed by atoms with van der Waals surface area (Å²) in [4.78, 5) is 26.7. The molecule has 0 bridgehead atoms. The third-order valence-electron chi connectivity index (χ3n) is 5.25. The van der Waals surface area contributed by atoms with Gasteiger partial charge in [0.05, 0.1) is 17.1 Å². The van der Waals surface area contributed by atoms with E-state index < -0.39 is 22.4 Å². The van der Waals surface area contributed by atoms with E-state index >= 15 is 0 Å². The highest BCUT2D eigenvalue weighted by Gasteiger charge is 2.34. The summed E-state index contributed by atoms with van der Waals surface area (Å²) in [6.45, 7) is 3.74. The molecule has 1 aliphatic rings. The minimum atomic E-state index is -4.66. The maximum absolute atomic E-state index is 12.9. The largest absolute Gasteiger partial charge is 0.494 e. The summed E-state index contributed by atoms with van der Waals surface area (Å²) < 4.78 is 44.4. The minimum absolute atomic E-state index is 0.112. The average molecular weight is 451 g/mol. The van der Waals surface area contributed by atoms with Crippen LogP contribution in [-0.2, 0) is 6.18 Å². The van der Waals surface area contributed by atoms with E-state index in [1.165, 1.54) is 0 Å². The van der Waals surface area contributed by atoms with Crippen LogP contribution in [0.15, 0.2) is 42.5 Å². The van der Waals surface area contributed by atoms with Gasteiger partial charge in [0.15, 0.2) is 0 Å². The van der Waals surface area contributed by atoms with E-state index in [2.05, 4.69) is 6.92 Å². The van der Waals surface area contributed by atoms with Crippen LogP contribution in [-0.4, -0.2) is 48.5 Å². The zero-order chi connectivity index (χ0) is 23.3. The maximum Gasteiger partial charge on any atom is 0.416 e. The van der Waals surface area contributed by atoms with E-state index in [9.17, 15) is 28.1 Å². The van der Waals surface area contributed by atoms with E-state index in [0.717, 1.165) is 25.0 Å². The predicted octanol–water partition coefficient (Wildman–Crippen LogP) is 4.75. The van der Waals surface area contributed by atoms with Crippen molar-refractivity contribution >= 4 is 17.3 Å². The van der Waals surface area contributed by atoms with Gasteiger partial charge in [0.25, 0.3) is 11.6 Å². The lowest BCUT2D eigenvalue weighted by Gasteiger charge is -2.36. The van der Waals surface area contributed by atoms with Crippen molar-refractivity contribution in [3.8, 4) is 5.75 Å². The summed E-state index contributed by atoms with van der Waals surface area (Å²) in [7, 11) is 0. The number of alkyl halides is 3. The Balaban J connectivity index is 1.68. The minimum Gasteiger partial charge on any atom is -0.494 e. The van der Waals surface area contributed by atoms with Crippen LogP contribution in [0.5, 0.6) is 5.75 Å². The molecule has 2 aromatic rings. The second kappa shape index (κ2) is 9.88. The quantitative estimate of drug-likeness (QED) is 0.345. The molecule has 0 aliphatic carbocycles. The lowest BCUT2D eigenvalue weighted by Crippen LogP contribution is -2.49. The average Bonchev–Trinajstić information content (AvgIpc) is 2.78. The molecule has 1 saturated heterocycles. The molecule has 2 aromatic carbocycles. The molecule has 32 heavy (non-hydrogen) atoms. The number of piperazine rings is 1. The van der Waals surface area contributed by atoms with Crippen molar-refractivity contribution in [1.29, 1.82) is 0 Å². The SMILES string of the molecule is CCCCOc1cccc(C(=O)N2CCN(c3ccc(C(F)(F)F)cc3[N+](=O)[O-])CC2)c1. The fourth-order valence-corrected chi connectivity index (χ4v) is 3.50. The number of hydrogen-bond acceptors (Lipinski definition) is 5. The second-order valence-corrected chi connectivity index (χ2v) is 7.47. The Labute approximate surface area is 183 Å². The molecule has 0 radical (unpaired) electrons. The normalized spacial score (nSPS) is 14.4. The molecule has 1 aliphatic heterocycles. The third-order valence-corrected chi connectivity index (χ3v) is 5.25. The summed E-state index contributed by atoms with van der Waals surface area (Å²) in [6.07, 6.45) is -2.75. The smallest absolute Gasteiger partial charge is 0.416 e. The summed E-state index contributed by atoms with van der Waals surface area (Å²) >= 11 is 0. The second-order valence-electron chi connectivity index (χ2n) is 7.47. The van der Waals surface area contributed by atoms with Gasteiger partial charge in [-0.3, -0.25) is 14.9 Å². The monoisotopic (exact) mass is 451 g/mol. The van der Waals surface area contributed by atoms with E-state index in [1.54, 1.807) is 34.1 Å². The Hall–Kier alpha value is -3.30. The van der Waals surface area contributed by atoms with Gasteiger partial charge >= 0.3 is 6.18 Å². The molecule has 172 valence electrons. The van der Waals surface area contributed by atoms with Gasteiger partial charge in [-0.1, -0.05) is 19.4 Å². The van der Waals surface area contributed by atoms with Crippen molar-refractivity contribution in [1.82, 2.24) is 4.90 Å². The number of unbranched alkanes of at least 4 members (excludes halogenated alkanes) is 1. The molecule has 0 spiro atoms. The molecule has 1 amide bonds. The number of ether oxygens (including phenoxy) is 1. The Morgan fingerprint density at radius 3 is 2.47 bits per heavy atom. The predicted molar refractivity (Wildman–Crippen MR) is 113 cm³/mol. The topological polar surface area (TPSA) is 75.9 Å². The van der Waals surface area contributed by atoms with E-state index in [0.29, 0.717) is 24.0 Å². The van der Waals surface area contributed by atoms with E-state index in [-0.39, 0.29) is 37.8 Å². The van der Waals surface area contributed by atoms with Crippen LogP contribution in [0.1, 0.15) is 35.7 Å². The number of nitrogens with zero attached hydrogens (tertiary/aromatic N) is 3. The van der Waals surface area contributed by atoms with Crippen LogP contribution in [0, 0.1) is 10.1 Å².